The predicted molar refractivity (Wildman–Crippen MR) is 52.3 cm³/mol. The van der Waals surface area contributed by atoms with Crippen LogP contribution >= 0.6 is 11.6 Å². The number of hydrazine groups is 1. The minimum Gasteiger partial charge on any atom is -0.271 e. The highest BCUT2D eigenvalue weighted by Gasteiger charge is 2.38. The molecule has 0 aliphatic heterocycles. The van der Waals surface area contributed by atoms with Crippen molar-refractivity contribution in [2.75, 3.05) is 0 Å². The molecule has 0 radical (unpaired) electrons. The Morgan fingerprint density at radius 3 is 2.53 bits per heavy atom. The zero-order valence-electron chi connectivity index (χ0n) is 7.68. The summed E-state index contributed by atoms with van der Waals surface area (Å²) in [6.45, 7) is 0. The summed E-state index contributed by atoms with van der Waals surface area (Å²) in [5.41, 5.74) is 2.23. The average Bonchev–Trinajstić information content (AvgIpc) is 2.12. The molecule has 1 aromatic carbocycles. The van der Waals surface area contributed by atoms with Gasteiger partial charge in [0.2, 0.25) is 0 Å². The Bertz CT molecular complexity index is 327. The second-order valence-corrected chi connectivity index (χ2v) is 3.53. The van der Waals surface area contributed by atoms with E-state index < -0.39 is 12.2 Å². The van der Waals surface area contributed by atoms with Crippen LogP contribution < -0.4 is 11.3 Å². The molecule has 0 saturated heterocycles. The van der Waals surface area contributed by atoms with Crippen LogP contribution in [0.5, 0.6) is 0 Å². The molecule has 0 aromatic heterocycles. The quantitative estimate of drug-likeness (QED) is 0.626. The maximum atomic E-state index is 12.3. The second-order valence-electron chi connectivity index (χ2n) is 3.09. The molecule has 0 amide bonds. The van der Waals surface area contributed by atoms with Crippen molar-refractivity contribution in [3.05, 3.63) is 34.9 Å². The molecular formula is C9H10ClF3N2. The Balaban J connectivity index is 2.76. The van der Waals surface area contributed by atoms with Gasteiger partial charge in [0.1, 0.15) is 6.04 Å². The van der Waals surface area contributed by atoms with Gasteiger partial charge in [-0.1, -0.05) is 23.7 Å². The molecule has 0 spiro atoms. The van der Waals surface area contributed by atoms with Gasteiger partial charge in [0, 0.05) is 5.02 Å². The Hall–Kier alpha value is -0.780. The highest BCUT2D eigenvalue weighted by atomic mass is 35.5. The van der Waals surface area contributed by atoms with Crippen LogP contribution in [-0.2, 0) is 6.42 Å². The summed E-state index contributed by atoms with van der Waals surface area (Å²) in [6, 6.07) is 4.50. The van der Waals surface area contributed by atoms with Gasteiger partial charge in [0.15, 0.2) is 0 Å². The van der Waals surface area contributed by atoms with Crippen molar-refractivity contribution in [1.29, 1.82) is 0 Å². The number of hydrogen-bond acceptors (Lipinski definition) is 2. The first-order valence-electron chi connectivity index (χ1n) is 4.21. The van der Waals surface area contributed by atoms with E-state index in [-0.39, 0.29) is 6.42 Å². The number of benzene rings is 1. The third-order valence-corrected chi connectivity index (χ3v) is 2.16. The van der Waals surface area contributed by atoms with Crippen LogP contribution in [0.25, 0.3) is 0 Å². The van der Waals surface area contributed by atoms with Crippen molar-refractivity contribution in [2.45, 2.75) is 18.6 Å². The molecule has 15 heavy (non-hydrogen) atoms. The number of hydrogen-bond donors (Lipinski definition) is 2. The number of halogens is 4. The van der Waals surface area contributed by atoms with Crippen LogP contribution in [0.3, 0.4) is 0 Å². The predicted octanol–water partition coefficient (Wildman–Crippen LogP) is 2.28. The summed E-state index contributed by atoms with van der Waals surface area (Å²) < 4.78 is 37.0. The maximum Gasteiger partial charge on any atom is 0.405 e. The molecule has 0 aliphatic carbocycles. The van der Waals surface area contributed by atoms with Crippen molar-refractivity contribution in [2.24, 2.45) is 5.84 Å². The first-order chi connectivity index (χ1) is 6.93. The SMILES string of the molecule is NNC(Cc1cccc(Cl)c1)C(F)(F)F. The van der Waals surface area contributed by atoms with E-state index in [1.807, 2.05) is 0 Å². The molecule has 6 heteroatoms. The zero-order chi connectivity index (χ0) is 11.5. The second kappa shape index (κ2) is 4.83. The Labute approximate surface area is 90.2 Å². The smallest absolute Gasteiger partial charge is 0.271 e. The first-order valence-corrected chi connectivity index (χ1v) is 4.58. The number of rotatable bonds is 3. The summed E-state index contributed by atoms with van der Waals surface area (Å²) in [5, 5.41) is 0.408. The lowest BCUT2D eigenvalue weighted by molar-refractivity contribution is -0.155. The van der Waals surface area contributed by atoms with Crippen LogP contribution in [0.15, 0.2) is 24.3 Å². The molecule has 0 fully saturated rings. The summed E-state index contributed by atoms with van der Waals surface area (Å²) >= 11 is 5.65. The number of nitrogens with one attached hydrogen (secondary N) is 1. The molecule has 0 aliphatic rings. The van der Waals surface area contributed by atoms with E-state index in [1.165, 1.54) is 6.07 Å². The fourth-order valence-electron chi connectivity index (χ4n) is 1.17. The Kier molecular flexibility index (Phi) is 3.96. The first kappa shape index (κ1) is 12.3. The Morgan fingerprint density at radius 1 is 1.40 bits per heavy atom. The molecule has 3 N–H and O–H groups in total. The summed E-state index contributed by atoms with van der Waals surface area (Å²) in [7, 11) is 0. The fraction of sp³-hybridized carbons (Fsp3) is 0.333. The minimum atomic E-state index is -4.36. The Morgan fingerprint density at radius 2 is 2.07 bits per heavy atom. The lowest BCUT2D eigenvalue weighted by atomic mass is 10.1. The highest BCUT2D eigenvalue weighted by Crippen LogP contribution is 2.23. The van der Waals surface area contributed by atoms with E-state index in [0.29, 0.717) is 10.6 Å². The number of nitrogens with two attached hydrogens (primary N) is 1. The molecule has 1 rings (SSSR count). The van der Waals surface area contributed by atoms with E-state index in [1.54, 1.807) is 23.6 Å². The molecular weight excluding hydrogens is 229 g/mol. The van der Waals surface area contributed by atoms with Gasteiger partial charge in [-0.3, -0.25) is 5.84 Å². The molecule has 84 valence electrons. The van der Waals surface area contributed by atoms with Crippen LogP contribution in [0, 0.1) is 0 Å². The van der Waals surface area contributed by atoms with E-state index in [4.69, 9.17) is 17.4 Å². The normalized spacial score (nSPS) is 13.9. The molecule has 1 unspecified atom stereocenters. The van der Waals surface area contributed by atoms with E-state index in [9.17, 15) is 13.2 Å². The third kappa shape index (κ3) is 3.70. The van der Waals surface area contributed by atoms with Crippen molar-refractivity contribution in [1.82, 2.24) is 5.43 Å². The average molecular weight is 239 g/mol. The van der Waals surface area contributed by atoms with Gasteiger partial charge in [-0.15, -0.1) is 0 Å². The lowest BCUT2D eigenvalue weighted by Crippen LogP contribution is -2.47. The minimum absolute atomic E-state index is 0.236. The molecule has 0 bridgehead atoms. The molecule has 1 aromatic rings. The van der Waals surface area contributed by atoms with Gasteiger partial charge < -0.3 is 0 Å². The summed E-state index contributed by atoms with van der Waals surface area (Å²) in [4.78, 5) is 0. The van der Waals surface area contributed by atoms with Gasteiger partial charge in [-0.25, -0.2) is 5.43 Å². The van der Waals surface area contributed by atoms with E-state index >= 15 is 0 Å². The van der Waals surface area contributed by atoms with Gasteiger partial charge >= 0.3 is 6.18 Å². The monoisotopic (exact) mass is 238 g/mol. The van der Waals surface area contributed by atoms with Crippen LogP contribution in [-0.4, -0.2) is 12.2 Å². The zero-order valence-corrected chi connectivity index (χ0v) is 8.44. The molecule has 2 nitrogen and oxygen atoms in total. The molecule has 0 saturated carbocycles. The molecule has 0 heterocycles. The largest absolute Gasteiger partial charge is 0.405 e. The van der Waals surface area contributed by atoms with Gasteiger partial charge in [0.05, 0.1) is 0 Å². The van der Waals surface area contributed by atoms with Crippen molar-refractivity contribution in [3.8, 4) is 0 Å². The molecule has 1 atom stereocenters. The fourth-order valence-corrected chi connectivity index (χ4v) is 1.38. The van der Waals surface area contributed by atoms with Crippen molar-refractivity contribution in [3.63, 3.8) is 0 Å². The highest BCUT2D eigenvalue weighted by molar-refractivity contribution is 6.30. The van der Waals surface area contributed by atoms with Crippen LogP contribution in [0.2, 0.25) is 5.02 Å². The number of alkyl halides is 3. The lowest BCUT2D eigenvalue weighted by Gasteiger charge is -2.19. The van der Waals surface area contributed by atoms with Crippen LogP contribution in [0.1, 0.15) is 5.56 Å². The topological polar surface area (TPSA) is 38.0 Å². The maximum absolute atomic E-state index is 12.3. The standard InChI is InChI=1S/C9H10ClF3N2/c10-7-3-1-2-6(4-7)5-8(15-14)9(11,12)13/h1-4,8,15H,5,14H2. The van der Waals surface area contributed by atoms with Crippen molar-refractivity contribution < 1.29 is 13.2 Å². The van der Waals surface area contributed by atoms with Crippen molar-refractivity contribution >= 4 is 11.6 Å². The van der Waals surface area contributed by atoms with E-state index in [2.05, 4.69) is 0 Å². The van der Waals surface area contributed by atoms with Gasteiger partial charge in [-0.2, -0.15) is 13.2 Å². The van der Waals surface area contributed by atoms with E-state index in [0.717, 1.165) is 0 Å². The van der Waals surface area contributed by atoms with Crippen LogP contribution in [0.4, 0.5) is 13.2 Å². The van der Waals surface area contributed by atoms with Gasteiger partial charge in [-0.05, 0) is 24.1 Å². The summed E-state index contributed by atoms with van der Waals surface area (Å²) in [5.74, 6) is 4.84. The van der Waals surface area contributed by atoms with Gasteiger partial charge in [0.25, 0.3) is 0 Å². The third-order valence-electron chi connectivity index (χ3n) is 1.93. The summed E-state index contributed by atoms with van der Waals surface area (Å²) in [6.07, 6.45) is -4.60.